The molecule has 1 spiro atoms. The molecule has 3 heterocycles. The summed E-state index contributed by atoms with van der Waals surface area (Å²) in [5.74, 6) is 0.953. The Morgan fingerprint density at radius 3 is 2.40 bits per heavy atom. The molecule has 0 unspecified atom stereocenters. The summed E-state index contributed by atoms with van der Waals surface area (Å²) in [5.41, 5.74) is 0.561. The van der Waals surface area contributed by atoms with Gasteiger partial charge in [0.05, 0.1) is 0 Å². The smallest absolute Gasteiger partial charge is 0.0463 e. The summed E-state index contributed by atoms with van der Waals surface area (Å²) in [7, 11) is 2.27. The normalized spacial score (nSPS) is 30.0. The van der Waals surface area contributed by atoms with E-state index in [1.165, 1.54) is 71.4 Å². The number of rotatable bonds is 3. The summed E-state index contributed by atoms with van der Waals surface area (Å²) in [6.07, 6.45) is 7.16. The van der Waals surface area contributed by atoms with Gasteiger partial charge in [0.15, 0.2) is 0 Å². The molecular weight excluding hydrogens is 246 g/mol. The van der Waals surface area contributed by atoms with Gasteiger partial charge in [-0.3, -0.25) is 9.80 Å². The molecule has 3 fully saturated rings. The largest absolute Gasteiger partial charge is 0.306 e. The Morgan fingerprint density at radius 1 is 1.05 bits per heavy atom. The van der Waals surface area contributed by atoms with Crippen molar-refractivity contribution in [3.8, 4) is 0 Å². The van der Waals surface area contributed by atoms with Gasteiger partial charge in [-0.25, -0.2) is 0 Å². The van der Waals surface area contributed by atoms with Crippen LogP contribution in [0.25, 0.3) is 0 Å². The van der Waals surface area contributed by atoms with Crippen LogP contribution in [0, 0.1) is 5.92 Å². The maximum atomic E-state index is 2.89. The highest BCUT2D eigenvalue weighted by molar-refractivity contribution is 5.06. The predicted molar refractivity (Wildman–Crippen MR) is 85.1 cm³/mol. The molecule has 0 aliphatic carbocycles. The van der Waals surface area contributed by atoms with Crippen molar-refractivity contribution in [3.63, 3.8) is 0 Å². The molecule has 3 aliphatic heterocycles. The molecule has 3 aliphatic rings. The van der Waals surface area contributed by atoms with Gasteiger partial charge in [-0.2, -0.15) is 0 Å². The lowest BCUT2D eigenvalue weighted by Gasteiger charge is -2.60. The second-order valence-electron chi connectivity index (χ2n) is 7.87. The Balaban J connectivity index is 1.56. The molecular formula is C17H33N3. The third-order valence-electron chi connectivity index (χ3n) is 6.03. The average molecular weight is 279 g/mol. The van der Waals surface area contributed by atoms with Gasteiger partial charge in [0.1, 0.15) is 0 Å². The third kappa shape index (κ3) is 2.90. The van der Waals surface area contributed by atoms with E-state index in [0.29, 0.717) is 5.54 Å². The van der Waals surface area contributed by atoms with Crippen LogP contribution >= 0.6 is 0 Å². The van der Waals surface area contributed by atoms with Crippen LogP contribution in [0.3, 0.4) is 0 Å². The molecule has 3 rings (SSSR count). The van der Waals surface area contributed by atoms with Crippen molar-refractivity contribution in [2.45, 2.75) is 57.5 Å². The van der Waals surface area contributed by atoms with Crippen LogP contribution < -0.4 is 0 Å². The maximum Gasteiger partial charge on any atom is 0.0463 e. The monoisotopic (exact) mass is 279 g/mol. The molecule has 0 atom stereocenters. The molecule has 3 saturated heterocycles. The predicted octanol–water partition coefficient (Wildman–Crippen LogP) is 2.28. The number of nitrogens with zero attached hydrogens (tertiary/aromatic N) is 3. The molecule has 3 nitrogen and oxygen atoms in total. The summed E-state index contributed by atoms with van der Waals surface area (Å²) in [6, 6.07) is 0.729. The van der Waals surface area contributed by atoms with E-state index in [0.717, 1.165) is 12.0 Å². The van der Waals surface area contributed by atoms with Crippen molar-refractivity contribution in [1.29, 1.82) is 0 Å². The Bertz CT molecular complexity index is 314. The molecule has 0 saturated carbocycles. The van der Waals surface area contributed by atoms with Gasteiger partial charge < -0.3 is 4.90 Å². The van der Waals surface area contributed by atoms with E-state index in [1.807, 2.05) is 0 Å². The van der Waals surface area contributed by atoms with E-state index >= 15 is 0 Å². The summed E-state index contributed by atoms with van der Waals surface area (Å²) in [4.78, 5) is 8.05. The van der Waals surface area contributed by atoms with Crippen molar-refractivity contribution in [2.75, 3.05) is 46.3 Å². The topological polar surface area (TPSA) is 9.72 Å². The third-order valence-corrected chi connectivity index (χ3v) is 6.03. The molecule has 0 aromatic rings. The highest BCUT2D eigenvalue weighted by Crippen LogP contribution is 2.38. The van der Waals surface area contributed by atoms with Gasteiger partial charge in [-0.05, 0) is 72.1 Å². The quantitative estimate of drug-likeness (QED) is 0.785. The van der Waals surface area contributed by atoms with Crippen molar-refractivity contribution in [1.82, 2.24) is 14.7 Å². The Labute approximate surface area is 125 Å². The summed E-state index contributed by atoms with van der Waals surface area (Å²) >= 11 is 0. The van der Waals surface area contributed by atoms with Gasteiger partial charge in [0.25, 0.3) is 0 Å². The van der Waals surface area contributed by atoms with Crippen molar-refractivity contribution in [3.05, 3.63) is 0 Å². The molecule has 116 valence electrons. The molecule has 0 aromatic heterocycles. The SMILES string of the molecule is CC(C)N1CC2(CCCCN2CC2CCN(C)CC2)C1. The zero-order valence-electron chi connectivity index (χ0n) is 13.8. The standard InChI is InChI=1S/C17H33N3/c1-15(2)19-13-17(14-19)8-4-5-9-20(17)12-16-6-10-18(3)11-7-16/h15-16H,4-14H2,1-3H3. The molecule has 3 heteroatoms. The first kappa shape index (κ1) is 14.8. The van der Waals surface area contributed by atoms with Crippen LogP contribution in [0.2, 0.25) is 0 Å². The first-order chi connectivity index (χ1) is 9.59. The zero-order valence-corrected chi connectivity index (χ0v) is 13.8. The highest BCUT2D eigenvalue weighted by atomic mass is 15.4. The molecule has 20 heavy (non-hydrogen) atoms. The Hall–Kier alpha value is -0.120. The van der Waals surface area contributed by atoms with Gasteiger partial charge >= 0.3 is 0 Å². The van der Waals surface area contributed by atoms with E-state index in [1.54, 1.807) is 0 Å². The van der Waals surface area contributed by atoms with Gasteiger partial charge in [-0.1, -0.05) is 6.42 Å². The first-order valence-corrected chi connectivity index (χ1v) is 8.77. The van der Waals surface area contributed by atoms with E-state index in [-0.39, 0.29) is 0 Å². The average Bonchev–Trinajstić information content (AvgIpc) is 2.39. The number of hydrogen-bond acceptors (Lipinski definition) is 3. The lowest BCUT2D eigenvalue weighted by molar-refractivity contribution is -0.0972. The molecule has 0 amide bonds. The summed E-state index contributed by atoms with van der Waals surface area (Å²) < 4.78 is 0. The Morgan fingerprint density at radius 2 is 1.75 bits per heavy atom. The van der Waals surface area contributed by atoms with Crippen LogP contribution in [-0.2, 0) is 0 Å². The van der Waals surface area contributed by atoms with Gasteiger partial charge in [0.2, 0.25) is 0 Å². The van der Waals surface area contributed by atoms with E-state index in [9.17, 15) is 0 Å². The van der Waals surface area contributed by atoms with Crippen LogP contribution in [0.4, 0.5) is 0 Å². The number of hydrogen-bond donors (Lipinski definition) is 0. The maximum absolute atomic E-state index is 2.89. The van der Waals surface area contributed by atoms with Crippen LogP contribution in [0.5, 0.6) is 0 Å². The van der Waals surface area contributed by atoms with Gasteiger partial charge in [-0.15, -0.1) is 0 Å². The van der Waals surface area contributed by atoms with Crippen LogP contribution in [-0.4, -0.2) is 72.6 Å². The second kappa shape index (κ2) is 5.94. The minimum atomic E-state index is 0.561. The zero-order chi connectivity index (χ0) is 14.2. The molecule has 0 N–H and O–H groups in total. The van der Waals surface area contributed by atoms with E-state index in [2.05, 4.69) is 35.6 Å². The summed E-state index contributed by atoms with van der Waals surface area (Å²) in [5, 5.41) is 0. The van der Waals surface area contributed by atoms with Crippen molar-refractivity contribution in [2.24, 2.45) is 5.92 Å². The minimum Gasteiger partial charge on any atom is -0.306 e. The van der Waals surface area contributed by atoms with E-state index in [4.69, 9.17) is 0 Å². The molecule has 0 aromatic carbocycles. The molecule has 0 bridgehead atoms. The minimum absolute atomic E-state index is 0.561. The lowest BCUT2D eigenvalue weighted by Crippen LogP contribution is -2.73. The van der Waals surface area contributed by atoms with Crippen molar-refractivity contribution < 1.29 is 0 Å². The number of piperidine rings is 2. The van der Waals surface area contributed by atoms with Gasteiger partial charge in [0, 0.05) is 31.2 Å². The summed E-state index contributed by atoms with van der Waals surface area (Å²) in [6.45, 7) is 12.7. The Kier molecular flexibility index (Phi) is 4.40. The fourth-order valence-electron chi connectivity index (χ4n) is 4.43. The first-order valence-electron chi connectivity index (χ1n) is 8.77. The lowest BCUT2D eigenvalue weighted by atomic mass is 9.78. The number of likely N-dealkylation sites (tertiary alicyclic amines) is 3. The second-order valence-corrected chi connectivity index (χ2v) is 7.87. The van der Waals surface area contributed by atoms with Crippen LogP contribution in [0.15, 0.2) is 0 Å². The fourth-order valence-corrected chi connectivity index (χ4v) is 4.43. The van der Waals surface area contributed by atoms with E-state index < -0.39 is 0 Å². The van der Waals surface area contributed by atoms with Crippen LogP contribution in [0.1, 0.15) is 46.0 Å². The highest BCUT2D eigenvalue weighted by Gasteiger charge is 2.49. The van der Waals surface area contributed by atoms with Crippen molar-refractivity contribution >= 4 is 0 Å². The fraction of sp³-hybridized carbons (Fsp3) is 1.00. The molecule has 0 radical (unpaired) electrons.